The number of piperidine rings is 1. The lowest BCUT2D eigenvalue weighted by Gasteiger charge is -2.23. The summed E-state index contributed by atoms with van der Waals surface area (Å²) in [7, 11) is 1.40. The van der Waals surface area contributed by atoms with Gasteiger partial charge in [0.05, 0.1) is 12.3 Å². The molecular weight excluding hydrogens is 146 g/mol. The van der Waals surface area contributed by atoms with Crippen LogP contribution in [0.3, 0.4) is 0 Å². The lowest BCUT2D eigenvalue weighted by atomic mass is 9.98. The third-order valence-corrected chi connectivity index (χ3v) is 1.88. The molecule has 1 saturated heterocycles. The van der Waals surface area contributed by atoms with Crippen LogP contribution in [0.1, 0.15) is 13.3 Å². The first-order valence-electron chi connectivity index (χ1n) is 3.37. The molecule has 0 saturated carbocycles. The van der Waals surface area contributed by atoms with Gasteiger partial charge in [-0.2, -0.15) is 0 Å². The third-order valence-electron chi connectivity index (χ3n) is 1.88. The number of hydrogen-bond acceptors (Lipinski definition) is 3. The van der Waals surface area contributed by atoms with Gasteiger partial charge < -0.3 is 0 Å². The van der Waals surface area contributed by atoms with Crippen molar-refractivity contribution >= 4 is 17.6 Å². The average molecular weight is 155 g/mol. The average Bonchev–Trinajstić information content (AvgIpc) is 1.97. The van der Waals surface area contributed by atoms with Gasteiger partial charge in [-0.1, -0.05) is 0 Å². The second-order valence-corrected chi connectivity index (χ2v) is 2.66. The minimum Gasteiger partial charge on any atom is -0.298 e. The molecule has 1 heterocycles. The van der Waals surface area contributed by atoms with Crippen molar-refractivity contribution in [2.45, 2.75) is 13.3 Å². The highest BCUT2D eigenvalue weighted by atomic mass is 16.2. The number of carbonyl (C=O) groups is 3. The second-order valence-electron chi connectivity index (χ2n) is 2.66. The van der Waals surface area contributed by atoms with Crippen LogP contribution in [0, 0.1) is 5.92 Å². The molecule has 1 atom stereocenters. The second kappa shape index (κ2) is 2.45. The van der Waals surface area contributed by atoms with Gasteiger partial charge in [-0.15, -0.1) is 0 Å². The third kappa shape index (κ3) is 1.15. The normalized spacial score (nSPS) is 26.2. The predicted octanol–water partition coefficient (Wildman–Crippen LogP) is -0.420. The molecule has 1 fully saturated rings. The maximum atomic E-state index is 11.0. The molecule has 0 aromatic rings. The van der Waals surface area contributed by atoms with Crippen LogP contribution in [0.2, 0.25) is 0 Å². The molecule has 1 unspecified atom stereocenters. The summed E-state index contributed by atoms with van der Waals surface area (Å²) in [5.74, 6) is -1.72. The van der Waals surface area contributed by atoms with Gasteiger partial charge in [0, 0.05) is 7.05 Å². The quantitative estimate of drug-likeness (QED) is 0.352. The highest BCUT2D eigenvalue weighted by Crippen LogP contribution is 2.12. The fourth-order valence-corrected chi connectivity index (χ4v) is 0.972. The lowest BCUT2D eigenvalue weighted by molar-refractivity contribution is -0.153. The molecule has 0 N–H and O–H groups in total. The van der Waals surface area contributed by atoms with Crippen molar-refractivity contribution in [2.24, 2.45) is 5.92 Å². The monoisotopic (exact) mass is 155 g/mol. The molecule has 0 radical (unpaired) electrons. The van der Waals surface area contributed by atoms with Crippen LogP contribution in [-0.4, -0.2) is 29.5 Å². The molecule has 1 aliphatic rings. The molecule has 11 heavy (non-hydrogen) atoms. The van der Waals surface area contributed by atoms with Gasteiger partial charge in [-0.3, -0.25) is 19.3 Å². The standard InChI is InChI=1S/C7H9NO3/c1-4-5(9)3-6(10)8(2)7(4)11/h4H,3H2,1-2H3. The summed E-state index contributed by atoms with van der Waals surface area (Å²) in [6.07, 6.45) is -0.136. The predicted molar refractivity (Wildman–Crippen MR) is 36.6 cm³/mol. The Balaban J connectivity index is 2.87. The molecule has 1 aliphatic heterocycles. The van der Waals surface area contributed by atoms with Gasteiger partial charge in [-0.25, -0.2) is 0 Å². The van der Waals surface area contributed by atoms with Gasteiger partial charge in [0.25, 0.3) is 0 Å². The van der Waals surface area contributed by atoms with Crippen molar-refractivity contribution < 1.29 is 14.4 Å². The maximum Gasteiger partial charge on any atom is 0.239 e. The van der Waals surface area contributed by atoms with E-state index in [0.29, 0.717) is 0 Å². The van der Waals surface area contributed by atoms with E-state index in [0.717, 1.165) is 4.90 Å². The van der Waals surface area contributed by atoms with Crippen LogP contribution in [-0.2, 0) is 14.4 Å². The zero-order valence-corrected chi connectivity index (χ0v) is 6.46. The number of Topliss-reactive ketones (excluding diaryl/α,β-unsaturated/α-hetero) is 1. The number of carbonyl (C=O) groups excluding carboxylic acids is 3. The molecule has 0 spiro atoms. The number of imide groups is 1. The molecule has 0 aromatic carbocycles. The first-order valence-corrected chi connectivity index (χ1v) is 3.37. The van der Waals surface area contributed by atoms with Crippen molar-refractivity contribution in [1.82, 2.24) is 4.90 Å². The number of likely N-dealkylation sites (tertiary alicyclic amines) is 1. The van der Waals surface area contributed by atoms with Crippen LogP contribution in [0.4, 0.5) is 0 Å². The Hall–Kier alpha value is -1.19. The molecule has 60 valence electrons. The Labute approximate surface area is 64.2 Å². The zero-order chi connectivity index (χ0) is 8.59. The summed E-state index contributed by atoms with van der Waals surface area (Å²) in [6.45, 7) is 1.52. The van der Waals surface area contributed by atoms with E-state index in [9.17, 15) is 14.4 Å². The molecule has 4 heteroatoms. The van der Waals surface area contributed by atoms with E-state index in [1.165, 1.54) is 14.0 Å². The first kappa shape index (κ1) is 7.91. The maximum absolute atomic E-state index is 11.0. The Kier molecular flexibility index (Phi) is 1.76. The minimum atomic E-state index is -0.641. The lowest BCUT2D eigenvalue weighted by Crippen LogP contribution is -2.46. The van der Waals surface area contributed by atoms with Crippen molar-refractivity contribution in [2.75, 3.05) is 7.05 Å². The van der Waals surface area contributed by atoms with Crippen LogP contribution < -0.4 is 0 Å². The van der Waals surface area contributed by atoms with Crippen molar-refractivity contribution in [1.29, 1.82) is 0 Å². The topological polar surface area (TPSA) is 54.5 Å². The van der Waals surface area contributed by atoms with E-state index < -0.39 is 17.7 Å². The molecular formula is C7H9NO3. The number of ketones is 1. The summed E-state index contributed by atoms with van der Waals surface area (Å²) in [5.41, 5.74) is 0. The van der Waals surface area contributed by atoms with Crippen LogP contribution in [0.25, 0.3) is 0 Å². The molecule has 1 rings (SSSR count). The number of amides is 2. The zero-order valence-electron chi connectivity index (χ0n) is 6.46. The smallest absolute Gasteiger partial charge is 0.239 e. The largest absolute Gasteiger partial charge is 0.298 e. The van der Waals surface area contributed by atoms with E-state index in [1.807, 2.05) is 0 Å². The van der Waals surface area contributed by atoms with E-state index in [4.69, 9.17) is 0 Å². The van der Waals surface area contributed by atoms with Gasteiger partial charge in [0.15, 0.2) is 5.78 Å². The molecule has 0 aromatic heterocycles. The van der Waals surface area contributed by atoms with Gasteiger partial charge in [0.1, 0.15) is 0 Å². The summed E-state index contributed by atoms with van der Waals surface area (Å²) in [6, 6.07) is 0. The molecule has 0 bridgehead atoms. The Morgan fingerprint density at radius 3 is 2.45 bits per heavy atom. The fraction of sp³-hybridized carbons (Fsp3) is 0.571. The van der Waals surface area contributed by atoms with Crippen LogP contribution in [0.15, 0.2) is 0 Å². The summed E-state index contributed by atoms with van der Waals surface area (Å²) in [4.78, 5) is 33.8. The highest BCUT2D eigenvalue weighted by Gasteiger charge is 2.34. The minimum absolute atomic E-state index is 0.136. The van der Waals surface area contributed by atoms with Gasteiger partial charge in [-0.05, 0) is 6.92 Å². The Morgan fingerprint density at radius 2 is 1.91 bits per heavy atom. The van der Waals surface area contributed by atoms with Crippen molar-refractivity contribution in [3.05, 3.63) is 0 Å². The SMILES string of the molecule is CC1C(=O)CC(=O)N(C)C1=O. The number of nitrogens with zero attached hydrogens (tertiary/aromatic N) is 1. The first-order chi connectivity index (χ1) is 5.04. The van der Waals surface area contributed by atoms with Crippen molar-refractivity contribution in [3.63, 3.8) is 0 Å². The number of rotatable bonds is 0. The van der Waals surface area contributed by atoms with Crippen LogP contribution >= 0.6 is 0 Å². The summed E-state index contributed by atoms with van der Waals surface area (Å²) in [5, 5.41) is 0. The van der Waals surface area contributed by atoms with E-state index in [2.05, 4.69) is 0 Å². The van der Waals surface area contributed by atoms with Gasteiger partial charge in [0.2, 0.25) is 11.8 Å². The van der Waals surface area contributed by atoms with Crippen molar-refractivity contribution in [3.8, 4) is 0 Å². The Morgan fingerprint density at radius 1 is 1.36 bits per heavy atom. The summed E-state index contributed by atoms with van der Waals surface area (Å²) >= 11 is 0. The van der Waals surface area contributed by atoms with Gasteiger partial charge >= 0.3 is 0 Å². The molecule has 0 aliphatic carbocycles. The van der Waals surface area contributed by atoms with E-state index in [1.54, 1.807) is 0 Å². The highest BCUT2D eigenvalue weighted by molar-refractivity contribution is 6.17. The van der Waals surface area contributed by atoms with E-state index in [-0.39, 0.29) is 12.2 Å². The summed E-state index contributed by atoms with van der Waals surface area (Å²) < 4.78 is 0. The van der Waals surface area contributed by atoms with E-state index >= 15 is 0 Å². The molecule has 2 amide bonds. The van der Waals surface area contributed by atoms with Crippen LogP contribution in [0.5, 0.6) is 0 Å². The Bertz CT molecular complexity index is 212. The number of hydrogen-bond donors (Lipinski definition) is 0. The molecule has 4 nitrogen and oxygen atoms in total. The fourth-order valence-electron chi connectivity index (χ4n) is 0.972.